The van der Waals surface area contributed by atoms with Crippen molar-refractivity contribution in [1.82, 2.24) is 19.7 Å². The highest BCUT2D eigenvalue weighted by molar-refractivity contribution is 7.98. The predicted octanol–water partition coefficient (Wildman–Crippen LogP) is 5.19. The molecular formula is C21H19ClN4O2S. The van der Waals surface area contributed by atoms with Crippen molar-refractivity contribution >= 4 is 34.3 Å². The first-order valence-electron chi connectivity index (χ1n) is 9.37. The van der Waals surface area contributed by atoms with Gasteiger partial charge in [-0.15, -0.1) is 0 Å². The van der Waals surface area contributed by atoms with Gasteiger partial charge in [0.1, 0.15) is 0 Å². The van der Waals surface area contributed by atoms with Crippen LogP contribution in [0.5, 0.6) is 0 Å². The van der Waals surface area contributed by atoms with Gasteiger partial charge in [-0.2, -0.15) is 4.98 Å². The van der Waals surface area contributed by atoms with Crippen LogP contribution in [0, 0.1) is 0 Å². The Morgan fingerprint density at radius 2 is 1.90 bits per heavy atom. The summed E-state index contributed by atoms with van der Waals surface area (Å²) in [7, 11) is 0. The first kappa shape index (κ1) is 19.7. The summed E-state index contributed by atoms with van der Waals surface area (Å²) in [6.45, 7) is 2.73. The van der Waals surface area contributed by atoms with Crippen molar-refractivity contribution in [3.05, 3.63) is 69.8 Å². The Kier molecular flexibility index (Phi) is 5.97. The Bertz CT molecular complexity index is 1200. The molecule has 8 heteroatoms. The summed E-state index contributed by atoms with van der Waals surface area (Å²) < 4.78 is 7.12. The Morgan fingerprint density at radius 3 is 2.72 bits per heavy atom. The average Bonchev–Trinajstić information content (AvgIpc) is 3.21. The summed E-state index contributed by atoms with van der Waals surface area (Å²) in [5, 5.41) is 5.88. The minimum Gasteiger partial charge on any atom is -0.338 e. The molecule has 2 aromatic carbocycles. The summed E-state index contributed by atoms with van der Waals surface area (Å²) in [5.74, 6) is 1.31. The van der Waals surface area contributed by atoms with Gasteiger partial charge in [0.05, 0.1) is 21.7 Å². The fourth-order valence-electron chi connectivity index (χ4n) is 2.96. The van der Waals surface area contributed by atoms with Crippen molar-refractivity contribution in [3.8, 4) is 11.4 Å². The van der Waals surface area contributed by atoms with E-state index in [0.29, 0.717) is 45.1 Å². The molecule has 0 radical (unpaired) electrons. The van der Waals surface area contributed by atoms with E-state index < -0.39 is 0 Å². The molecule has 2 aromatic heterocycles. The topological polar surface area (TPSA) is 73.8 Å². The molecule has 0 bridgehead atoms. The van der Waals surface area contributed by atoms with Gasteiger partial charge in [-0.3, -0.25) is 9.36 Å². The van der Waals surface area contributed by atoms with Crippen LogP contribution in [0.1, 0.15) is 25.7 Å². The molecule has 0 aliphatic heterocycles. The maximum atomic E-state index is 12.9. The molecule has 0 saturated heterocycles. The highest BCUT2D eigenvalue weighted by Gasteiger charge is 2.15. The lowest BCUT2D eigenvalue weighted by atomic mass is 10.2. The van der Waals surface area contributed by atoms with Gasteiger partial charge in [-0.1, -0.05) is 66.1 Å². The molecule has 29 heavy (non-hydrogen) atoms. The van der Waals surface area contributed by atoms with Crippen LogP contribution in [0.15, 0.2) is 63.0 Å². The van der Waals surface area contributed by atoms with Crippen LogP contribution >= 0.6 is 23.4 Å². The van der Waals surface area contributed by atoms with Gasteiger partial charge >= 0.3 is 0 Å². The van der Waals surface area contributed by atoms with Crippen LogP contribution in [0.25, 0.3) is 22.3 Å². The van der Waals surface area contributed by atoms with Crippen molar-refractivity contribution in [2.45, 2.75) is 37.2 Å². The lowest BCUT2D eigenvalue weighted by Crippen LogP contribution is -2.23. The fourth-order valence-corrected chi connectivity index (χ4v) is 4.05. The summed E-state index contributed by atoms with van der Waals surface area (Å²) >= 11 is 7.62. The van der Waals surface area contributed by atoms with Gasteiger partial charge in [-0.25, -0.2) is 4.98 Å². The molecule has 148 valence electrons. The fraction of sp³-hybridized carbons (Fsp3) is 0.238. The van der Waals surface area contributed by atoms with E-state index in [2.05, 4.69) is 17.1 Å². The van der Waals surface area contributed by atoms with Gasteiger partial charge < -0.3 is 4.52 Å². The van der Waals surface area contributed by atoms with E-state index in [-0.39, 0.29) is 5.56 Å². The second-order valence-corrected chi connectivity index (χ2v) is 7.85. The number of nitrogens with zero attached hydrogens (tertiary/aromatic N) is 4. The third-order valence-electron chi connectivity index (χ3n) is 4.47. The smallest absolute Gasteiger partial charge is 0.262 e. The number of hydrogen-bond acceptors (Lipinski definition) is 6. The third-order valence-corrected chi connectivity index (χ3v) is 5.76. The van der Waals surface area contributed by atoms with E-state index in [9.17, 15) is 4.79 Å². The van der Waals surface area contributed by atoms with E-state index in [1.54, 1.807) is 10.6 Å². The number of benzene rings is 2. The second-order valence-electron chi connectivity index (χ2n) is 6.50. The zero-order valence-corrected chi connectivity index (χ0v) is 17.4. The summed E-state index contributed by atoms with van der Waals surface area (Å²) in [5.41, 5.74) is 1.39. The molecular weight excluding hydrogens is 408 g/mol. The van der Waals surface area contributed by atoms with Crippen LogP contribution < -0.4 is 5.56 Å². The number of fused-ring (bicyclic) bond motifs is 1. The van der Waals surface area contributed by atoms with Crippen LogP contribution in [0.4, 0.5) is 0 Å². The van der Waals surface area contributed by atoms with Gasteiger partial charge in [0.15, 0.2) is 5.16 Å². The quantitative estimate of drug-likeness (QED) is 0.299. The van der Waals surface area contributed by atoms with Crippen molar-refractivity contribution < 1.29 is 4.52 Å². The molecule has 0 spiro atoms. The molecule has 0 aliphatic carbocycles. The standard InChI is InChI=1S/C21H19ClN4O2S/c1-2-3-12-26-20(27)15-9-5-7-11-17(15)23-21(26)29-13-18-24-19(25-28-18)14-8-4-6-10-16(14)22/h4-11H,2-3,12-13H2,1H3. The molecule has 0 N–H and O–H groups in total. The van der Waals surface area contributed by atoms with Gasteiger partial charge in [0.2, 0.25) is 11.7 Å². The minimum atomic E-state index is -0.0196. The van der Waals surface area contributed by atoms with Crippen LogP contribution in [-0.4, -0.2) is 19.7 Å². The average molecular weight is 427 g/mol. The maximum Gasteiger partial charge on any atom is 0.262 e. The van der Waals surface area contributed by atoms with Crippen LogP contribution in [0.2, 0.25) is 5.02 Å². The lowest BCUT2D eigenvalue weighted by molar-refractivity contribution is 0.391. The van der Waals surface area contributed by atoms with Crippen molar-refractivity contribution in [1.29, 1.82) is 0 Å². The molecule has 6 nitrogen and oxygen atoms in total. The number of halogens is 1. The van der Waals surface area contributed by atoms with E-state index >= 15 is 0 Å². The number of hydrogen-bond donors (Lipinski definition) is 0. The Hall–Kier alpha value is -2.64. The number of rotatable bonds is 7. The summed E-state index contributed by atoms with van der Waals surface area (Å²) in [4.78, 5) is 22.1. The van der Waals surface area contributed by atoms with E-state index in [1.807, 2.05) is 42.5 Å². The molecule has 4 aromatic rings. The van der Waals surface area contributed by atoms with E-state index in [1.165, 1.54) is 11.8 Å². The minimum absolute atomic E-state index is 0.0196. The Labute approximate surface area is 176 Å². The number of thioether (sulfide) groups is 1. The maximum absolute atomic E-state index is 12.9. The molecule has 0 atom stereocenters. The molecule has 0 fully saturated rings. The Balaban J connectivity index is 1.61. The largest absolute Gasteiger partial charge is 0.338 e. The summed E-state index contributed by atoms with van der Waals surface area (Å²) in [6, 6.07) is 14.8. The SMILES string of the molecule is CCCCn1c(SCc2nc(-c3ccccc3Cl)no2)nc2ccccc2c1=O. The number of para-hydroxylation sites is 1. The normalized spacial score (nSPS) is 11.2. The first-order chi connectivity index (χ1) is 14.2. The van der Waals surface area contributed by atoms with Crippen molar-refractivity contribution in [2.24, 2.45) is 0 Å². The van der Waals surface area contributed by atoms with Crippen molar-refractivity contribution in [3.63, 3.8) is 0 Å². The van der Waals surface area contributed by atoms with Gasteiger partial charge in [0.25, 0.3) is 5.56 Å². The Morgan fingerprint density at radius 1 is 1.10 bits per heavy atom. The molecule has 0 aliphatic rings. The van der Waals surface area contributed by atoms with Gasteiger partial charge in [-0.05, 0) is 30.7 Å². The summed E-state index contributed by atoms with van der Waals surface area (Å²) in [6.07, 6.45) is 1.90. The van der Waals surface area contributed by atoms with E-state index in [0.717, 1.165) is 18.4 Å². The zero-order valence-electron chi connectivity index (χ0n) is 15.8. The molecule has 0 saturated carbocycles. The predicted molar refractivity (Wildman–Crippen MR) is 115 cm³/mol. The molecule has 0 unspecified atom stereocenters. The number of unbranched alkanes of at least 4 members (excludes halogenated alkanes) is 1. The third kappa shape index (κ3) is 4.21. The zero-order chi connectivity index (χ0) is 20.2. The van der Waals surface area contributed by atoms with Crippen LogP contribution in [-0.2, 0) is 12.3 Å². The monoisotopic (exact) mass is 426 g/mol. The highest BCUT2D eigenvalue weighted by atomic mass is 35.5. The number of aromatic nitrogens is 4. The van der Waals surface area contributed by atoms with Crippen LogP contribution in [0.3, 0.4) is 0 Å². The molecule has 2 heterocycles. The molecule has 0 amide bonds. The first-order valence-corrected chi connectivity index (χ1v) is 10.7. The van der Waals surface area contributed by atoms with E-state index in [4.69, 9.17) is 21.1 Å². The lowest BCUT2D eigenvalue weighted by Gasteiger charge is -2.12. The molecule has 4 rings (SSSR count). The second kappa shape index (κ2) is 8.80. The van der Waals surface area contributed by atoms with Gasteiger partial charge in [0, 0.05) is 12.1 Å². The van der Waals surface area contributed by atoms with Crippen molar-refractivity contribution in [2.75, 3.05) is 0 Å². The highest BCUT2D eigenvalue weighted by Crippen LogP contribution is 2.27.